The minimum absolute atomic E-state index is 0.119. The van der Waals surface area contributed by atoms with Crippen molar-refractivity contribution in [2.45, 2.75) is 5.51 Å². The summed E-state index contributed by atoms with van der Waals surface area (Å²) in [5.41, 5.74) is -5.28. The van der Waals surface area contributed by atoms with Crippen molar-refractivity contribution < 1.29 is 31.1 Å². The number of ether oxygens (including phenoxy) is 1. The van der Waals surface area contributed by atoms with Crippen molar-refractivity contribution >= 4 is 16.3 Å². The number of sulfone groups is 1. The van der Waals surface area contributed by atoms with Gasteiger partial charge in [0.2, 0.25) is 0 Å². The van der Waals surface area contributed by atoms with E-state index < -0.39 is 27.7 Å². The van der Waals surface area contributed by atoms with Crippen LogP contribution in [-0.4, -0.2) is 32.8 Å². The van der Waals surface area contributed by atoms with E-state index in [1.165, 1.54) is 0 Å². The third-order valence-electron chi connectivity index (χ3n) is 0.891. The third-order valence-corrected chi connectivity index (χ3v) is 2.30. The van der Waals surface area contributed by atoms with Gasteiger partial charge in [-0.15, -0.1) is 0 Å². The normalized spacial score (nSPS) is 12.6. The fraction of sp³-hybridized carbons (Fsp3) is 0.750. The molecule has 0 amide bonds. The molecule has 0 radical (unpaired) electrons. The van der Waals surface area contributed by atoms with Crippen LogP contribution in [0.3, 0.4) is 0 Å². The summed E-state index contributed by atoms with van der Waals surface area (Å²) in [6.07, 6.45) is 0. The lowest BCUT2D eigenvalue weighted by Crippen LogP contribution is -2.28. The summed E-state index contributed by atoms with van der Waals surface area (Å²) in [6, 6.07) is 0. The molecule has 0 saturated heterocycles. The molecule has 0 spiro atoms. The Morgan fingerprint density at radius 2 is 1.83 bits per heavy atom. The maximum absolute atomic E-state index is 11.5. The van der Waals surface area contributed by atoms with Gasteiger partial charge in [0.15, 0.2) is 0 Å². The number of hydrogen-bond donors (Lipinski definition) is 0. The number of hydrogen-bond acceptors (Lipinski definition) is 4. The van der Waals surface area contributed by atoms with Crippen molar-refractivity contribution in [2.75, 3.05) is 12.4 Å². The quantitative estimate of drug-likeness (QED) is 0.483. The van der Waals surface area contributed by atoms with Gasteiger partial charge in [-0.3, -0.25) is 4.79 Å². The summed E-state index contributed by atoms with van der Waals surface area (Å²) in [4.78, 5) is 9.44. The second-order valence-electron chi connectivity index (χ2n) is 1.73. The molecule has 4 nitrogen and oxygen atoms in total. The molecular weight excluding hydrogens is 201 g/mol. The molecule has 0 unspecified atom stereocenters. The highest BCUT2D eigenvalue weighted by Crippen LogP contribution is 2.23. The van der Waals surface area contributed by atoms with Gasteiger partial charge in [0.25, 0.3) is 16.3 Å². The predicted octanol–water partition coefficient (Wildman–Crippen LogP) is 0.0940. The number of rotatable bonds is 4. The van der Waals surface area contributed by atoms with Gasteiger partial charge in [-0.1, -0.05) is 0 Å². The Bertz CT molecular complexity index is 242. The average molecular weight is 206 g/mol. The molecule has 0 aliphatic carbocycles. The molecular formula is C4H5F3O4S. The summed E-state index contributed by atoms with van der Waals surface area (Å²) in [5.74, 6) is -1.24. The molecule has 0 bridgehead atoms. The average Bonchev–Trinajstić information content (AvgIpc) is 1.85. The molecule has 0 aromatic carbocycles. The van der Waals surface area contributed by atoms with E-state index in [2.05, 4.69) is 4.74 Å². The first-order valence-corrected chi connectivity index (χ1v) is 4.31. The summed E-state index contributed by atoms with van der Waals surface area (Å²) in [7, 11) is -5.15. The number of halogens is 3. The first-order chi connectivity index (χ1) is 5.31. The van der Waals surface area contributed by atoms with Crippen molar-refractivity contribution in [3.63, 3.8) is 0 Å². The fourth-order valence-corrected chi connectivity index (χ4v) is 0.869. The molecule has 0 heterocycles. The largest absolute Gasteiger partial charge is 0.497 e. The lowest BCUT2D eigenvalue weighted by Gasteiger charge is -2.06. The van der Waals surface area contributed by atoms with Crippen molar-refractivity contribution in [2.24, 2.45) is 0 Å². The topological polar surface area (TPSA) is 60.4 Å². The second kappa shape index (κ2) is 3.74. The summed E-state index contributed by atoms with van der Waals surface area (Å²) < 4.78 is 58.8. The minimum Gasteiger partial charge on any atom is -0.467 e. The molecule has 12 heavy (non-hydrogen) atoms. The van der Waals surface area contributed by atoms with E-state index in [0.29, 0.717) is 0 Å². The van der Waals surface area contributed by atoms with E-state index in [4.69, 9.17) is 0 Å². The molecule has 0 aliphatic heterocycles. The van der Waals surface area contributed by atoms with E-state index >= 15 is 0 Å². The van der Waals surface area contributed by atoms with Gasteiger partial charge in [0.1, 0.15) is 6.61 Å². The highest BCUT2D eigenvalue weighted by atomic mass is 32.2. The highest BCUT2D eigenvalue weighted by Gasteiger charge is 2.45. The maximum Gasteiger partial charge on any atom is 0.497 e. The van der Waals surface area contributed by atoms with Crippen LogP contribution in [0.5, 0.6) is 0 Å². The Hall–Kier alpha value is -0.790. The van der Waals surface area contributed by atoms with Gasteiger partial charge in [0.05, 0.1) is 5.75 Å². The standard InChI is InChI=1S/C4H5F3O4S/c5-4(6,7)12(9,10)2-1-11-3-8/h3H,1-2H2. The SMILES string of the molecule is O=COCCS(=O)(=O)C(F)(F)F. The third kappa shape index (κ3) is 3.07. The Balaban J connectivity index is 4.16. The second-order valence-corrected chi connectivity index (χ2v) is 3.83. The number of carbonyl (C=O) groups excluding carboxylic acids is 1. The van der Waals surface area contributed by atoms with E-state index in [0.717, 1.165) is 0 Å². The molecule has 0 atom stereocenters. The Kier molecular flexibility index (Phi) is 3.50. The molecule has 8 heteroatoms. The molecule has 0 aromatic rings. The summed E-state index contributed by atoms with van der Waals surface area (Å²) in [6.45, 7) is -0.906. The Labute approximate surface area is 66.2 Å². The van der Waals surface area contributed by atoms with Crippen LogP contribution < -0.4 is 0 Å². The lowest BCUT2D eigenvalue weighted by atomic mass is 10.9. The zero-order valence-electron chi connectivity index (χ0n) is 5.67. The lowest BCUT2D eigenvalue weighted by molar-refractivity contribution is -0.128. The van der Waals surface area contributed by atoms with Crippen LogP contribution in [0.4, 0.5) is 13.2 Å². The van der Waals surface area contributed by atoms with E-state index in [-0.39, 0.29) is 6.47 Å². The van der Waals surface area contributed by atoms with E-state index in [9.17, 15) is 26.4 Å². The van der Waals surface area contributed by atoms with Gasteiger partial charge in [-0.2, -0.15) is 13.2 Å². The Morgan fingerprint density at radius 1 is 1.33 bits per heavy atom. The van der Waals surface area contributed by atoms with Crippen LogP contribution in [0.25, 0.3) is 0 Å². The zero-order chi connectivity index (χ0) is 9.83. The molecule has 0 rings (SSSR count). The van der Waals surface area contributed by atoms with Crippen LogP contribution in [-0.2, 0) is 19.4 Å². The molecule has 0 fully saturated rings. The first kappa shape index (κ1) is 11.2. The van der Waals surface area contributed by atoms with Gasteiger partial charge >= 0.3 is 5.51 Å². The number of alkyl halides is 3. The summed E-state index contributed by atoms with van der Waals surface area (Å²) in [5, 5.41) is 0. The van der Waals surface area contributed by atoms with Crippen molar-refractivity contribution in [1.29, 1.82) is 0 Å². The monoisotopic (exact) mass is 206 g/mol. The van der Waals surface area contributed by atoms with Gasteiger partial charge in [-0.05, 0) is 0 Å². The highest BCUT2D eigenvalue weighted by molar-refractivity contribution is 7.92. The Morgan fingerprint density at radius 3 is 2.17 bits per heavy atom. The van der Waals surface area contributed by atoms with Crippen LogP contribution >= 0.6 is 0 Å². The van der Waals surface area contributed by atoms with Crippen molar-refractivity contribution in [1.82, 2.24) is 0 Å². The zero-order valence-corrected chi connectivity index (χ0v) is 6.48. The van der Waals surface area contributed by atoms with Crippen molar-refractivity contribution in [3.05, 3.63) is 0 Å². The van der Waals surface area contributed by atoms with Gasteiger partial charge in [0, 0.05) is 0 Å². The van der Waals surface area contributed by atoms with Gasteiger partial charge < -0.3 is 4.74 Å². The first-order valence-electron chi connectivity index (χ1n) is 2.65. The van der Waals surface area contributed by atoms with Crippen LogP contribution in [0.1, 0.15) is 0 Å². The molecule has 0 aliphatic rings. The maximum atomic E-state index is 11.5. The molecule has 0 saturated carbocycles. The minimum atomic E-state index is -5.28. The number of carbonyl (C=O) groups is 1. The molecule has 72 valence electrons. The smallest absolute Gasteiger partial charge is 0.467 e. The van der Waals surface area contributed by atoms with Crippen LogP contribution in [0.2, 0.25) is 0 Å². The van der Waals surface area contributed by atoms with Crippen LogP contribution in [0, 0.1) is 0 Å². The molecule has 0 N–H and O–H groups in total. The van der Waals surface area contributed by atoms with E-state index in [1.54, 1.807) is 0 Å². The van der Waals surface area contributed by atoms with Gasteiger partial charge in [-0.25, -0.2) is 8.42 Å². The predicted molar refractivity (Wildman–Crippen MR) is 31.9 cm³/mol. The van der Waals surface area contributed by atoms with E-state index in [1.807, 2.05) is 0 Å². The van der Waals surface area contributed by atoms with Crippen molar-refractivity contribution in [3.8, 4) is 0 Å². The molecule has 0 aromatic heterocycles. The fourth-order valence-electron chi connectivity index (χ4n) is 0.322. The van der Waals surface area contributed by atoms with Crippen LogP contribution in [0.15, 0.2) is 0 Å². The summed E-state index contributed by atoms with van der Waals surface area (Å²) >= 11 is 0.